The molecular formula is C16H25N. The fourth-order valence-corrected chi connectivity index (χ4v) is 2.41. The van der Waals surface area contributed by atoms with E-state index >= 15 is 0 Å². The lowest BCUT2D eigenvalue weighted by Gasteiger charge is -2.25. The van der Waals surface area contributed by atoms with Gasteiger partial charge in [0.05, 0.1) is 0 Å². The maximum Gasteiger partial charge on any atom is 0.0356 e. The van der Waals surface area contributed by atoms with E-state index in [1.807, 2.05) is 12.3 Å². The molecule has 0 N–H and O–H groups in total. The summed E-state index contributed by atoms with van der Waals surface area (Å²) in [5, 5.41) is 0. The lowest BCUT2D eigenvalue weighted by Crippen LogP contribution is -2.14. The van der Waals surface area contributed by atoms with Crippen LogP contribution in [0.5, 0.6) is 0 Å². The number of hydrogen-bond acceptors (Lipinski definition) is 1. The van der Waals surface area contributed by atoms with E-state index in [2.05, 4.69) is 44.1 Å². The molecule has 1 nitrogen and oxygen atoms in total. The molecule has 0 saturated heterocycles. The van der Waals surface area contributed by atoms with Crippen molar-refractivity contribution in [1.29, 1.82) is 0 Å². The van der Waals surface area contributed by atoms with E-state index in [4.69, 9.17) is 0 Å². The first-order valence-corrected chi connectivity index (χ1v) is 6.65. The minimum absolute atomic E-state index is 0.485. The van der Waals surface area contributed by atoms with E-state index in [0.29, 0.717) is 17.8 Å². The Bertz CT molecular complexity index is 311. The molecule has 3 atom stereocenters. The molecule has 0 aliphatic carbocycles. The van der Waals surface area contributed by atoms with Gasteiger partial charge >= 0.3 is 0 Å². The Hall–Kier alpha value is -1.11. The predicted molar refractivity (Wildman–Crippen MR) is 77.3 cm³/mol. The molecule has 1 rings (SSSR count). The van der Waals surface area contributed by atoms with Gasteiger partial charge in [-0.15, -0.1) is 0 Å². The topological polar surface area (TPSA) is 12.4 Å². The highest BCUT2D eigenvalue weighted by Crippen LogP contribution is 2.29. The van der Waals surface area contributed by atoms with Crippen molar-refractivity contribution < 1.29 is 0 Å². The highest BCUT2D eigenvalue weighted by atomic mass is 14.7. The number of nitrogens with zero attached hydrogens (tertiary/aromatic N) is 1. The Morgan fingerprint density at radius 2 is 2.18 bits per heavy atom. The van der Waals surface area contributed by atoms with Crippen LogP contribution in [0.3, 0.4) is 0 Å². The second-order valence-electron chi connectivity index (χ2n) is 5.13. The highest BCUT2D eigenvalue weighted by molar-refractivity contribution is 5.58. The predicted octanol–water partition coefficient (Wildman–Crippen LogP) is 4.78. The first-order chi connectivity index (χ1) is 8.15. The Morgan fingerprint density at radius 1 is 1.41 bits per heavy atom. The molecule has 1 heterocycles. The van der Waals surface area contributed by atoms with Crippen LogP contribution in [0.25, 0.3) is 0 Å². The molecule has 1 heteroatoms. The van der Waals surface area contributed by atoms with Gasteiger partial charge in [0.2, 0.25) is 0 Å². The maximum absolute atomic E-state index is 4.43. The Labute approximate surface area is 106 Å². The normalized spacial score (nSPS) is 31.6. The van der Waals surface area contributed by atoms with Gasteiger partial charge in [0, 0.05) is 11.9 Å². The largest absolute Gasteiger partial charge is 0.266 e. The average molecular weight is 231 g/mol. The fraction of sp³-hybridized carbons (Fsp3) is 0.562. The molecule has 1 aliphatic rings. The highest BCUT2D eigenvalue weighted by Gasteiger charge is 2.19. The summed E-state index contributed by atoms with van der Waals surface area (Å²) >= 11 is 0. The SMILES string of the molecule is C=C/C=C\[C@H]1CCCC=NC(=C)C(C)CC1C. The van der Waals surface area contributed by atoms with Gasteiger partial charge in [-0.3, -0.25) is 4.99 Å². The van der Waals surface area contributed by atoms with Crippen molar-refractivity contribution in [3.05, 3.63) is 37.1 Å². The van der Waals surface area contributed by atoms with Crippen LogP contribution < -0.4 is 0 Å². The zero-order valence-electron chi connectivity index (χ0n) is 11.2. The molecule has 0 bridgehead atoms. The van der Waals surface area contributed by atoms with E-state index < -0.39 is 0 Å². The summed E-state index contributed by atoms with van der Waals surface area (Å²) in [4.78, 5) is 4.43. The van der Waals surface area contributed by atoms with E-state index in [0.717, 1.165) is 12.1 Å². The smallest absolute Gasteiger partial charge is 0.0356 e. The molecule has 0 amide bonds. The minimum atomic E-state index is 0.485. The summed E-state index contributed by atoms with van der Waals surface area (Å²) in [7, 11) is 0. The van der Waals surface area contributed by atoms with Gasteiger partial charge in [-0.2, -0.15) is 0 Å². The number of hydrogen-bond donors (Lipinski definition) is 0. The third-order valence-electron chi connectivity index (χ3n) is 3.65. The monoisotopic (exact) mass is 231 g/mol. The number of rotatable bonds is 2. The average Bonchev–Trinajstić information content (AvgIpc) is 2.31. The van der Waals surface area contributed by atoms with Crippen molar-refractivity contribution in [3.63, 3.8) is 0 Å². The zero-order chi connectivity index (χ0) is 12.7. The summed E-state index contributed by atoms with van der Waals surface area (Å²) in [6.07, 6.45) is 13.0. The summed E-state index contributed by atoms with van der Waals surface area (Å²) in [6.45, 7) is 12.4. The molecule has 0 aromatic carbocycles. The molecule has 94 valence electrons. The van der Waals surface area contributed by atoms with E-state index in [-0.39, 0.29) is 0 Å². The van der Waals surface area contributed by atoms with Crippen LogP contribution in [0, 0.1) is 17.8 Å². The van der Waals surface area contributed by atoms with Crippen molar-refractivity contribution in [2.24, 2.45) is 22.7 Å². The molecule has 1 aliphatic heterocycles. The second kappa shape index (κ2) is 7.26. The molecule has 0 fully saturated rings. The van der Waals surface area contributed by atoms with Gasteiger partial charge in [0.15, 0.2) is 0 Å². The molecule has 0 radical (unpaired) electrons. The van der Waals surface area contributed by atoms with Crippen LogP contribution in [-0.2, 0) is 0 Å². The van der Waals surface area contributed by atoms with Crippen molar-refractivity contribution >= 4 is 6.21 Å². The van der Waals surface area contributed by atoms with E-state index in [9.17, 15) is 0 Å². The van der Waals surface area contributed by atoms with E-state index in [1.54, 1.807) is 0 Å². The van der Waals surface area contributed by atoms with Crippen LogP contribution in [-0.4, -0.2) is 6.21 Å². The maximum atomic E-state index is 4.43. The van der Waals surface area contributed by atoms with Crippen molar-refractivity contribution in [2.45, 2.75) is 39.5 Å². The quantitative estimate of drug-likeness (QED) is 0.607. The first-order valence-electron chi connectivity index (χ1n) is 6.65. The second-order valence-corrected chi connectivity index (χ2v) is 5.13. The van der Waals surface area contributed by atoms with Crippen molar-refractivity contribution in [1.82, 2.24) is 0 Å². The van der Waals surface area contributed by atoms with Crippen molar-refractivity contribution in [2.75, 3.05) is 0 Å². The summed E-state index contributed by atoms with van der Waals surface area (Å²) in [5.74, 6) is 1.83. The summed E-state index contributed by atoms with van der Waals surface area (Å²) in [6, 6.07) is 0. The lowest BCUT2D eigenvalue weighted by atomic mass is 9.82. The minimum Gasteiger partial charge on any atom is -0.266 e. The molecular weight excluding hydrogens is 206 g/mol. The van der Waals surface area contributed by atoms with Crippen molar-refractivity contribution in [3.8, 4) is 0 Å². The molecule has 2 unspecified atom stereocenters. The number of allylic oxidation sites excluding steroid dienone is 4. The molecule has 0 aromatic heterocycles. The Morgan fingerprint density at radius 3 is 2.88 bits per heavy atom. The van der Waals surface area contributed by atoms with Crippen LogP contribution in [0.1, 0.15) is 39.5 Å². The van der Waals surface area contributed by atoms with Crippen LogP contribution >= 0.6 is 0 Å². The Balaban J connectivity index is 2.74. The third kappa shape index (κ3) is 4.72. The van der Waals surface area contributed by atoms with Crippen LogP contribution in [0.2, 0.25) is 0 Å². The van der Waals surface area contributed by atoms with Crippen LogP contribution in [0.4, 0.5) is 0 Å². The van der Waals surface area contributed by atoms with Gasteiger partial charge in [0.1, 0.15) is 0 Å². The summed E-state index contributed by atoms with van der Waals surface area (Å²) in [5.41, 5.74) is 1.03. The van der Waals surface area contributed by atoms with Crippen LogP contribution in [0.15, 0.2) is 42.1 Å². The molecule has 0 saturated carbocycles. The first kappa shape index (κ1) is 14.0. The number of aliphatic imine (C=N–C) groups is 1. The third-order valence-corrected chi connectivity index (χ3v) is 3.65. The van der Waals surface area contributed by atoms with E-state index in [1.165, 1.54) is 19.3 Å². The van der Waals surface area contributed by atoms with Gasteiger partial charge in [-0.05, 0) is 43.4 Å². The Kier molecular flexibility index (Phi) is 5.96. The standard InChI is InChI=1S/C16H25N/c1-5-6-9-16-10-7-8-11-17-15(4)13(2)12-14(16)3/h5-6,9,11,13-14,16H,1,4,7-8,10,12H2,2-3H3/b9-6-,17-11?/t13?,14?,16-/m0/s1. The van der Waals surface area contributed by atoms with Gasteiger partial charge in [-0.1, -0.05) is 45.2 Å². The molecule has 0 spiro atoms. The molecule has 0 aromatic rings. The molecule has 17 heavy (non-hydrogen) atoms. The van der Waals surface area contributed by atoms with Gasteiger partial charge in [-0.25, -0.2) is 0 Å². The van der Waals surface area contributed by atoms with Gasteiger partial charge in [0.25, 0.3) is 0 Å². The fourth-order valence-electron chi connectivity index (χ4n) is 2.41. The summed E-state index contributed by atoms with van der Waals surface area (Å²) < 4.78 is 0. The lowest BCUT2D eigenvalue weighted by molar-refractivity contribution is 0.338. The zero-order valence-corrected chi connectivity index (χ0v) is 11.2. The van der Waals surface area contributed by atoms with Gasteiger partial charge < -0.3 is 0 Å².